The highest BCUT2D eigenvalue weighted by atomic mass is 16.4. The predicted octanol–water partition coefficient (Wildman–Crippen LogP) is 4.01. The van der Waals surface area contributed by atoms with E-state index in [1.807, 2.05) is 42.5 Å². The summed E-state index contributed by atoms with van der Waals surface area (Å²) in [7, 11) is 0. The van der Waals surface area contributed by atoms with Gasteiger partial charge in [0.1, 0.15) is 0 Å². The first-order valence-electron chi connectivity index (χ1n) is 7.79. The van der Waals surface area contributed by atoms with Gasteiger partial charge < -0.3 is 10.2 Å². The van der Waals surface area contributed by atoms with Gasteiger partial charge in [-0.3, -0.25) is 0 Å². The van der Waals surface area contributed by atoms with Gasteiger partial charge in [-0.1, -0.05) is 78.9 Å². The van der Waals surface area contributed by atoms with Crippen LogP contribution >= 0.6 is 0 Å². The molecule has 0 aromatic heterocycles. The summed E-state index contributed by atoms with van der Waals surface area (Å²) in [6, 6.07) is 26.0. The molecule has 3 nitrogen and oxygen atoms in total. The lowest BCUT2D eigenvalue weighted by atomic mass is 9.98. The first-order valence-corrected chi connectivity index (χ1v) is 7.79. The van der Waals surface area contributed by atoms with Gasteiger partial charge in [-0.05, 0) is 27.8 Å². The summed E-state index contributed by atoms with van der Waals surface area (Å²) >= 11 is 0. The summed E-state index contributed by atoms with van der Waals surface area (Å²) in [5, 5.41) is 18.3. The van der Waals surface area contributed by atoms with Gasteiger partial charge >= 0.3 is 5.97 Å². The highest BCUT2D eigenvalue weighted by Gasteiger charge is 2.13. The van der Waals surface area contributed by atoms with Crippen LogP contribution in [-0.4, -0.2) is 22.3 Å². The van der Waals surface area contributed by atoms with Crippen molar-refractivity contribution in [3.05, 3.63) is 84.4 Å². The number of hydrogen-bond donors (Lipinski definition) is 2. The number of carbonyl (C=O) groups is 1. The molecule has 3 aromatic carbocycles. The molecule has 0 heterocycles. The van der Waals surface area contributed by atoms with Crippen molar-refractivity contribution in [1.82, 2.24) is 0 Å². The van der Waals surface area contributed by atoms with E-state index in [-0.39, 0.29) is 6.42 Å². The monoisotopic (exact) mass is 318 g/mol. The Morgan fingerprint density at radius 3 is 1.92 bits per heavy atom. The second-order valence-corrected chi connectivity index (χ2v) is 5.70. The maximum Gasteiger partial charge on any atom is 0.332 e. The van der Waals surface area contributed by atoms with E-state index in [4.69, 9.17) is 5.11 Å². The second-order valence-electron chi connectivity index (χ2n) is 5.70. The molecule has 1 atom stereocenters. The topological polar surface area (TPSA) is 57.5 Å². The lowest BCUT2D eigenvalue weighted by molar-refractivity contribution is -0.146. The lowest BCUT2D eigenvalue weighted by Gasteiger charge is -2.09. The zero-order valence-electron chi connectivity index (χ0n) is 13.1. The van der Waals surface area contributed by atoms with Gasteiger partial charge in [-0.15, -0.1) is 0 Å². The van der Waals surface area contributed by atoms with E-state index < -0.39 is 12.1 Å². The van der Waals surface area contributed by atoms with Crippen molar-refractivity contribution in [2.45, 2.75) is 12.5 Å². The molecular formula is C21H18O3. The molecule has 0 amide bonds. The third kappa shape index (κ3) is 3.70. The lowest BCUT2D eigenvalue weighted by Crippen LogP contribution is -2.21. The quantitative estimate of drug-likeness (QED) is 0.747. The van der Waals surface area contributed by atoms with E-state index in [0.717, 1.165) is 22.3 Å². The normalized spacial score (nSPS) is 11.9. The average molecular weight is 318 g/mol. The van der Waals surface area contributed by atoms with Gasteiger partial charge in [0, 0.05) is 6.42 Å². The molecule has 2 N–H and O–H groups in total. The van der Waals surface area contributed by atoms with Crippen molar-refractivity contribution in [3.63, 3.8) is 0 Å². The summed E-state index contributed by atoms with van der Waals surface area (Å²) in [5.74, 6) is -1.20. The fourth-order valence-electron chi connectivity index (χ4n) is 2.67. The molecule has 3 heteroatoms. The summed E-state index contributed by atoms with van der Waals surface area (Å²) in [6.07, 6.45) is -1.27. The number of rotatable bonds is 5. The molecule has 0 saturated heterocycles. The second kappa shape index (κ2) is 7.11. The van der Waals surface area contributed by atoms with Crippen LogP contribution in [0.5, 0.6) is 0 Å². The average Bonchev–Trinajstić information content (AvgIpc) is 2.63. The van der Waals surface area contributed by atoms with E-state index in [2.05, 4.69) is 36.4 Å². The van der Waals surface area contributed by atoms with Crippen molar-refractivity contribution in [3.8, 4) is 22.3 Å². The Balaban J connectivity index is 1.83. The Morgan fingerprint density at radius 1 is 0.750 bits per heavy atom. The molecule has 1 unspecified atom stereocenters. The Bertz CT molecular complexity index is 823. The van der Waals surface area contributed by atoms with Gasteiger partial charge in [0.05, 0.1) is 0 Å². The molecule has 0 aliphatic heterocycles. The Morgan fingerprint density at radius 2 is 1.29 bits per heavy atom. The standard InChI is InChI=1S/C21H18O3/c22-20(21(23)24)14-15-5-4-8-19(13-15)18-11-9-17(10-12-18)16-6-2-1-3-7-16/h1-13,20,22H,14H2,(H,23,24). The van der Waals surface area contributed by atoms with Crippen LogP contribution in [0.25, 0.3) is 22.3 Å². The first-order chi connectivity index (χ1) is 11.6. The Kier molecular flexibility index (Phi) is 4.73. The van der Waals surface area contributed by atoms with Crippen molar-refractivity contribution < 1.29 is 15.0 Å². The minimum absolute atomic E-state index is 0.102. The maximum absolute atomic E-state index is 10.8. The van der Waals surface area contributed by atoms with E-state index in [1.165, 1.54) is 5.56 Å². The molecule has 0 radical (unpaired) electrons. The van der Waals surface area contributed by atoms with Gasteiger partial charge in [0.15, 0.2) is 6.10 Å². The molecule has 0 aliphatic rings. The van der Waals surface area contributed by atoms with Crippen molar-refractivity contribution in [1.29, 1.82) is 0 Å². The summed E-state index contributed by atoms with van der Waals surface area (Å²) in [5.41, 5.74) is 5.18. The van der Waals surface area contributed by atoms with Gasteiger partial charge in [0.2, 0.25) is 0 Å². The van der Waals surface area contributed by atoms with Crippen LogP contribution < -0.4 is 0 Å². The molecule has 0 aliphatic carbocycles. The van der Waals surface area contributed by atoms with Crippen molar-refractivity contribution in [2.24, 2.45) is 0 Å². The van der Waals surface area contributed by atoms with Gasteiger partial charge in [-0.25, -0.2) is 4.79 Å². The van der Waals surface area contributed by atoms with Crippen LogP contribution in [-0.2, 0) is 11.2 Å². The maximum atomic E-state index is 10.8. The van der Waals surface area contributed by atoms with E-state index in [9.17, 15) is 9.90 Å². The SMILES string of the molecule is O=C(O)C(O)Cc1cccc(-c2ccc(-c3ccccc3)cc2)c1. The number of carboxylic acid groups (broad SMARTS) is 1. The molecule has 0 bridgehead atoms. The Labute approximate surface area is 140 Å². The fraction of sp³-hybridized carbons (Fsp3) is 0.0952. The minimum atomic E-state index is -1.37. The molecule has 0 fully saturated rings. The number of hydrogen-bond acceptors (Lipinski definition) is 2. The molecule has 3 aromatic rings. The zero-order valence-corrected chi connectivity index (χ0v) is 13.1. The number of aliphatic carboxylic acids is 1. The minimum Gasteiger partial charge on any atom is -0.479 e. The number of aliphatic hydroxyl groups excluding tert-OH is 1. The van der Waals surface area contributed by atoms with Crippen LogP contribution in [0.1, 0.15) is 5.56 Å². The number of carboxylic acids is 1. The van der Waals surface area contributed by atoms with Crippen LogP contribution in [0.3, 0.4) is 0 Å². The first kappa shape index (κ1) is 16.0. The molecular weight excluding hydrogens is 300 g/mol. The van der Waals surface area contributed by atoms with Crippen LogP contribution in [0, 0.1) is 0 Å². The highest BCUT2D eigenvalue weighted by molar-refractivity contribution is 5.73. The number of aliphatic hydroxyl groups is 1. The molecule has 0 spiro atoms. The van der Waals surface area contributed by atoms with E-state index in [1.54, 1.807) is 0 Å². The van der Waals surface area contributed by atoms with Crippen LogP contribution in [0.15, 0.2) is 78.9 Å². The Hall–Kier alpha value is -2.91. The number of benzene rings is 3. The third-order valence-corrected chi connectivity index (χ3v) is 3.97. The summed E-state index contributed by atoms with van der Waals surface area (Å²) in [6.45, 7) is 0. The third-order valence-electron chi connectivity index (χ3n) is 3.97. The van der Waals surface area contributed by atoms with Crippen LogP contribution in [0.2, 0.25) is 0 Å². The predicted molar refractivity (Wildman–Crippen MR) is 94.7 cm³/mol. The van der Waals surface area contributed by atoms with E-state index in [0.29, 0.717) is 0 Å². The van der Waals surface area contributed by atoms with Crippen LogP contribution in [0.4, 0.5) is 0 Å². The zero-order chi connectivity index (χ0) is 16.9. The van der Waals surface area contributed by atoms with E-state index >= 15 is 0 Å². The molecule has 120 valence electrons. The van der Waals surface area contributed by atoms with Crippen molar-refractivity contribution in [2.75, 3.05) is 0 Å². The summed E-state index contributed by atoms with van der Waals surface area (Å²) < 4.78 is 0. The van der Waals surface area contributed by atoms with Gasteiger partial charge in [0.25, 0.3) is 0 Å². The van der Waals surface area contributed by atoms with Gasteiger partial charge in [-0.2, -0.15) is 0 Å². The fourth-order valence-corrected chi connectivity index (χ4v) is 2.67. The highest BCUT2D eigenvalue weighted by Crippen LogP contribution is 2.25. The summed E-state index contributed by atoms with van der Waals surface area (Å²) in [4.78, 5) is 10.8. The smallest absolute Gasteiger partial charge is 0.332 e. The largest absolute Gasteiger partial charge is 0.479 e. The molecule has 3 rings (SSSR count). The molecule has 0 saturated carbocycles. The molecule has 24 heavy (non-hydrogen) atoms. The van der Waals surface area contributed by atoms with Crippen molar-refractivity contribution >= 4 is 5.97 Å².